The van der Waals surface area contributed by atoms with E-state index < -0.39 is 0 Å². The van der Waals surface area contributed by atoms with Crippen LogP contribution in [0.5, 0.6) is 0 Å². The first-order chi connectivity index (χ1) is 62.3. The van der Waals surface area contributed by atoms with E-state index in [9.17, 15) is 10.5 Å². The lowest BCUT2D eigenvalue weighted by Crippen LogP contribution is -2.00. The normalized spacial score (nSPS) is 10.8. The molecule has 3 heterocycles. The minimum atomic E-state index is 0.624. The Bertz CT molecular complexity index is 7500. The summed E-state index contributed by atoms with van der Waals surface area (Å²) in [6.07, 6.45) is 0. The molecule has 0 bridgehead atoms. The monoisotopic (exact) mass is 1610 g/mol. The average Bonchev–Trinajstić information content (AvgIpc) is 0.786. The number of hydrogen-bond acceptors (Lipinski definition) is 11. The molecule has 0 fully saturated rings. The van der Waals surface area contributed by atoms with Gasteiger partial charge in [0.2, 0.25) is 0 Å². The van der Waals surface area contributed by atoms with Gasteiger partial charge in [0, 0.05) is 50.1 Å². The zero-order valence-electron chi connectivity index (χ0n) is 67.9. The summed E-state index contributed by atoms with van der Waals surface area (Å²) in [6, 6.07) is 151. The van der Waals surface area contributed by atoms with Gasteiger partial charge in [0.1, 0.15) is 0 Å². The Hall–Kier alpha value is -17.8. The maximum Gasteiger partial charge on any atom is 0.194 e. The highest BCUT2D eigenvalue weighted by molar-refractivity contribution is 6.04. The van der Waals surface area contributed by atoms with E-state index in [1.807, 2.05) is 255 Å². The summed E-state index contributed by atoms with van der Waals surface area (Å²) < 4.78 is 0. The highest BCUT2D eigenvalue weighted by atomic mass is 15.1. The van der Waals surface area contributed by atoms with Gasteiger partial charge in [-0.05, 0) is 160 Å². The smallest absolute Gasteiger partial charge is 0.194 e. The maximum absolute atomic E-state index is 9.47. The summed E-state index contributed by atoms with van der Waals surface area (Å²) >= 11 is 0. The lowest BCUT2D eigenvalue weighted by atomic mass is 9.92. The molecule has 18 aromatic carbocycles. The van der Waals surface area contributed by atoms with E-state index in [0.29, 0.717) is 69.2 Å². The van der Waals surface area contributed by atoms with Crippen molar-refractivity contribution in [1.82, 2.24) is 44.9 Å². The molecule has 0 atom stereocenters. The number of nitriles is 2. The largest absolute Gasteiger partial charge is 0.238 e. The molecule has 0 amide bonds. The molecule has 588 valence electrons. The number of hydrogen-bond donors (Lipinski definition) is 0. The molecule has 0 N–H and O–H groups in total. The van der Waals surface area contributed by atoms with Crippen LogP contribution in [0.2, 0.25) is 0 Å². The Labute approximate surface area is 729 Å². The van der Waals surface area contributed by atoms with Crippen molar-refractivity contribution in [2.45, 2.75) is 0 Å². The van der Waals surface area contributed by atoms with E-state index in [1.165, 1.54) is 5.39 Å². The van der Waals surface area contributed by atoms with Crippen molar-refractivity contribution in [3.05, 3.63) is 459 Å². The Balaban J connectivity index is 0.000000123. The van der Waals surface area contributed by atoms with E-state index >= 15 is 0 Å². The fourth-order valence-corrected chi connectivity index (χ4v) is 15.7. The van der Waals surface area contributed by atoms with Crippen LogP contribution in [0, 0.1) is 29.2 Å². The van der Waals surface area contributed by atoms with Crippen molar-refractivity contribution in [2.24, 2.45) is 0 Å². The van der Waals surface area contributed by atoms with Gasteiger partial charge in [0.15, 0.2) is 58.1 Å². The zero-order chi connectivity index (χ0) is 84.9. The molecule has 21 rings (SSSR count). The van der Waals surface area contributed by atoms with Crippen LogP contribution in [0.4, 0.5) is 5.69 Å². The first kappa shape index (κ1) is 78.1. The van der Waals surface area contributed by atoms with Crippen LogP contribution in [0.3, 0.4) is 0 Å². The third kappa shape index (κ3) is 17.1. The molecule has 0 radical (unpaired) electrons. The third-order valence-electron chi connectivity index (χ3n) is 22.1. The van der Waals surface area contributed by atoms with Gasteiger partial charge >= 0.3 is 0 Å². The molecule has 0 unspecified atom stereocenters. The summed E-state index contributed by atoms with van der Waals surface area (Å²) in [5, 5.41) is 25.6. The van der Waals surface area contributed by atoms with Gasteiger partial charge in [0.05, 0.1) is 29.8 Å². The molecule has 12 heteroatoms. The highest BCUT2D eigenvalue weighted by Gasteiger charge is 2.20. The highest BCUT2D eigenvalue weighted by Crippen LogP contribution is 2.42. The molecular weight excluding hydrogens is 1540 g/mol. The first-order valence-electron chi connectivity index (χ1n) is 41.3. The van der Waals surface area contributed by atoms with Crippen LogP contribution in [-0.2, 0) is 0 Å². The van der Waals surface area contributed by atoms with Gasteiger partial charge in [-0.1, -0.05) is 376 Å². The van der Waals surface area contributed by atoms with Gasteiger partial charge in [-0.3, -0.25) is 0 Å². The summed E-state index contributed by atoms with van der Waals surface area (Å²) in [5.41, 5.74) is 23.2. The molecule has 0 aliphatic heterocycles. The molecule has 0 aliphatic rings. The first-order valence-corrected chi connectivity index (χ1v) is 41.3. The predicted octanol–water partition coefficient (Wildman–Crippen LogP) is 28.4. The Kier molecular flexibility index (Phi) is 22.3. The minimum absolute atomic E-state index is 0.624. The Morgan fingerprint density at radius 2 is 0.421 bits per heavy atom. The molecule has 0 saturated carbocycles. The lowest BCUT2D eigenvalue weighted by molar-refractivity contribution is 1.07. The number of para-hydroxylation sites is 1. The number of fused-ring (bicyclic) bond motifs is 3. The molecule has 0 aliphatic carbocycles. The average molecular weight is 1610 g/mol. The molecule has 12 nitrogen and oxygen atoms in total. The SMILES string of the molecule is N#Cc1ccc(-c2cc(-c3ccc(-c4nc(-c5ccccc5)nc(-c5ccccc5)n4)cc3)cc3ccccc23)cc1.N#Cc1cccc(-c2cc(-c3ccc(-c4nc(-c5ccccc5)nc(-c5ccccc5)n4)cc3)cc3ccccc23)c1.[C-]#[N+]c1ccccc1-c1cc(-c2ccc(-c3nc(-c4ccccc4)nc(-c4ccccc4)n3)cc2)cc2ccccc12. The van der Waals surface area contributed by atoms with Crippen LogP contribution in [-0.4, -0.2) is 44.9 Å². The van der Waals surface area contributed by atoms with E-state index in [4.69, 9.17) is 51.4 Å². The minimum Gasteiger partial charge on any atom is -0.238 e. The van der Waals surface area contributed by atoms with Crippen LogP contribution >= 0.6 is 0 Å². The van der Waals surface area contributed by atoms with Crippen molar-refractivity contribution in [1.29, 1.82) is 10.5 Å². The summed E-state index contributed by atoms with van der Waals surface area (Å²) in [5.74, 6) is 5.73. The van der Waals surface area contributed by atoms with Crippen molar-refractivity contribution in [3.63, 3.8) is 0 Å². The summed E-state index contributed by atoms with van der Waals surface area (Å²) in [6.45, 7) is 7.71. The molecule has 21 aromatic rings. The fourth-order valence-electron chi connectivity index (χ4n) is 15.7. The number of nitrogens with zero attached hydrogens (tertiary/aromatic N) is 12. The molecule has 0 spiro atoms. The van der Waals surface area contributed by atoms with Gasteiger partial charge in [-0.15, -0.1) is 0 Å². The second-order valence-corrected chi connectivity index (χ2v) is 30.1. The van der Waals surface area contributed by atoms with Gasteiger partial charge in [-0.2, -0.15) is 10.5 Å². The number of aromatic nitrogens is 9. The molecule has 126 heavy (non-hydrogen) atoms. The van der Waals surface area contributed by atoms with Crippen LogP contribution < -0.4 is 0 Å². The topological polar surface area (TPSA) is 168 Å². The number of rotatable bonds is 15. The number of benzene rings is 18. The maximum atomic E-state index is 9.47. The van der Waals surface area contributed by atoms with Crippen molar-refractivity contribution >= 4 is 38.0 Å². The second kappa shape index (κ2) is 36.0. The fraction of sp³-hybridized carbons (Fsp3) is 0. The summed E-state index contributed by atoms with van der Waals surface area (Å²) in [4.78, 5) is 47.4. The van der Waals surface area contributed by atoms with Crippen LogP contribution in [0.15, 0.2) is 437 Å². The van der Waals surface area contributed by atoms with Crippen molar-refractivity contribution in [2.75, 3.05) is 0 Å². The third-order valence-corrected chi connectivity index (χ3v) is 22.1. The Morgan fingerprint density at radius 3 is 0.738 bits per heavy atom. The standard InChI is InChI=1S/3C38H24N4/c1-39-35-19-11-10-18-33(35)34-25-31(24-30-16-8-9-17-32(30)34)26-20-22-29(23-21-26)38-41-36(27-12-4-2-5-13-27)40-37(42-38)28-14-6-3-7-15-28;39-25-26-10-9-16-31(22-26)35-24-33(23-32-15-7-8-17-34(32)35)27-18-20-30(21-19-27)38-41-36(28-11-3-1-4-12-28)40-37(42-38)29-13-5-2-6-14-29;39-25-26-15-17-28(18-16-26)35-24-33(23-32-13-7-8-14-34(32)35)27-19-21-31(22-20-27)38-41-36(29-9-3-1-4-10-29)40-37(42-38)30-11-5-2-6-12-30/h2-25H;2*1-24H. The van der Waals surface area contributed by atoms with Gasteiger partial charge in [0.25, 0.3) is 0 Å². The van der Waals surface area contributed by atoms with E-state index in [2.05, 4.69) is 199 Å². The molecule has 0 saturated heterocycles. The lowest BCUT2D eigenvalue weighted by Gasteiger charge is -2.13. The predicted molar refractivity (Wildman–Crippen MR) is 509 cm³/mol. The molecular formula is C114H72N12. The van der Waals surface area contributed by atoms with Crippen LogP contribution in [0.1, 0.15) is 11.1 Å². The van der Waals surface area contributed by atoms with E-state index in [0.717, 1.165) is 144 Å². The van der Waals surface area contributed by atoms with Crippen molar-refractivity contribution < 1.29 is 0 Å². The zero-order valence-corrected chi connectivity index (χ0v) is 67.9. The van der Waals surface area contributed by atoms with Crippen LogP contribution in [0.25, 0.3) is 206 Å². The second-order valence-electron chi connectivity index (χ2n) is 30.1. The summed E-state index contributed by atoms with van der Waals surface area (Å²) in [7, 11) is 0. The quantitative estimate of drug-likeness (QED) is 0.0896. The molecule has 3 aromatic heterocycles. The Morgan fingerprint density at radius 1 is 0.175 bits per heavy atom. The van der Waals surface area contributed by atoms with Gasteiger partial charge in [-0.25, -0.2) is 49.7 Å². The van der Waals surface area contributed by atoms with Crippen molar-refractivity contribution in [3.8, 4) is 181 Å². The van der Waals surface area contributed by atoms with Gasteiger partial charge < -0.3 is 0 Å². The van der Waals surface area contributed by atoms with E-state index in [1.54, 1.807) is 0 Å². The van der Waals surface area contributed by atoms with E-state index in [-0.39, 0.29) is 0 Å².